The number of benzene rings is 2. The number of nitrogens with one attached hydrogen (secondary N) is 1. The number of carboxylic acid groups (broad SMARTS) is 1. The molecule has 4 rings (SSSR count). The van der Waals surface area contributed by atoms with E-state index in [0.29, 0.717) is 22.6 Å². The van der Waals surface area contributed by atoms with Gasteiger partial charge in [-0.3, -0.25) is 14.4 Å². The Bertz CT molecular complexity index is 1260. The average molecular weight is 467 g/mol. The highest BCUT2D eigenvalue weighted by molar-refractivity contribution is 6.02. The van der Waals surface area contributed by atoms with Gasteiger partial charge in [-0.25, -0.2) is 14.1 Å². The Morgan fingerprint density at radius 2 is 2.06 bits per heavy atom. The number of aliphatic carboxylic acids is 1. The van der Waals surface area contributed by atoms with Gasteiger partial charge < -0.3 is 20.1 Å². The van der Waals surface area contributed by atoms with Crippen molar-refractivity contribution in [3.8, 4) is 5.75 Å². The molecule has 2 amide bonds. The van der Waals surface area contributed by atoms with Crippen LogP contribution < -0.4 is 15.0 Å². The molecule has 11 heteroatoms. The number of ether oxygens (including phenoxy) is 1. The Labute approximate surface area is 194 Å². The minimum Gasteiger partial charge on any atom is -0.489 e. The molecule has 1 aliphatic rings. The van der Waals surface area contributed by atoms with Crippen molar-refractivity contribution in [2.45, 2.75) is 25.4 Å². The third kappa shape index (κ3) is 4.58. The van der Waals surface area contributed by atoms with Gasteiger partial charge in [0.1, 0.15) is 30.5 Å². The first-order chi connectivity index (χ1) is 16.2. The van der Waals surface area contributed by atoms with Crippen molar-refractivity contribution in [3.05, 3.63) is 71.6 Å². The van der Waals surface area contributed by atoms with Gasteiger partial charge in [0.25, 0.3) is 11.8 Å². The number of hydrogen-bond acceptors (Lipinski definition) is 6. The second-order valence-electron chi connectivity index (χ2n) is 7.88. The first kappa shape index (κ1) is 22.9. The van der Waals surface area contributed by atoms with Gasteiger partial charge in [-0.05, 0) is 30.7 Å². The van der Waals surface area contributed by atoms with E-state index in [0.717, 1.165) is 0 Å². The summed E-state index contributed by atoms with van der Waals surface area (Å²) in [6, 6.07) is 10.00. The van der Waals surface area contributed by atoms with Crippen molar-refractivity contribution < 1.29 is 28.6 Å². The number of amides is 2. The van der Waals surface area contributed by atoms with E-state index in [2.05, 4.69) is 15.4 Å². The van der Waals surface area contributed by atoms with Crippen molar-refractivity contribution in [1.82, 2.24) is 20.1 Å². The molecule has 34 heavy (non-hydrogen) atoms. The molecule has 176 valence electrons. The van der Waals surface area contributed by atoms with Gasteiger partial charge in [0, 0.05) is 12.6 Å². The van der Waals surface area contributed by atoms with Gasteiger partial charge in [0.2, 0.25) is 5.82 Å². The molecule has 0 fully saturated rings. The van der Waals surface area contributed by atoms with Gasteiger partial charge in [0.05, 0.1) is 18.2 Å². The quantitative estimate of drug-likeness (QED) is 0.566. The molecule has 2 N–H and O–H groups in total. The Morgan fingerprint density at radius 1 is 1.29 bits per heavy atom. The summed E-state index contributed by atoms with van der Waals surface area (Å²) in [5.74, 6) is -3.07. The summed E-state index contributed by atoms with van der Waals surface area (Å²) in [5.41, 5.74) is 1.31. The number of nitrogens with zero attached hydrogens (tertiary/aromatic N) is 4. The van der Waals surface area contributed by atoms with Crippen LogP contribution in [0.3, 0.4) is 0 Å². The number of fused-ring (bicyclic) bond motifs is 1. The predicted molar refractivity (Wildman–Crippen MR) is 118 cm³/mol. The van der Waals surface area contributed by atoms with Crippen molar-refractivity contribution >= 4 is 23.5 Å². The zero-order valence-corrected chi connectivity index (χ0v) is 18.4. The van der Waals surface area contributed by atoms with Gasteiger partial charge >= 0.3 is 5.97 Å². The highest BCUT2D eigenvalue weighted by Crippen LogP contribution is 2.33. The van der Waals surface area contributed by atoms with Crippen LogP contribution in [-0.4, -0.2) is 57.4 Å². The number of hydrogen-bond donors (Lipinski definition) is 2. The lowest BCUT2D eigenvalue weighted by molar-refractivity contribution is -0.138. The van der Waals surface area contributed by atoms with Crippen LogP contribution in [-0.2, 0) is 16.1 Å². The fourth-order valence-corrected chi connectivity index (χ4v) is 3.53. The molecule has 1 aromatic heterocycles. The molecular weight excluding hydrogens is 445 g/mol. The summed E-state index contributed by atoms with van der Waals surface area (Å²) in [6.07, 6.45) is 1.31. The number of likely N-dealkylation sites (N-methyl/N-ethyl adjacent to an activating group) is 1. The molecule has 3 aromatic rings. The molecular formula is C23H22FN5O5. The van der Waals surface area contributed by atoms with Crippen molar-refractivity contribution in [1.29, 1.82) is 0 Å². The number of halogens is 1. The third-order valence-electron chi connectivity index (χ3n) is 5.58. The van der Waals surface area contributed by atoms with Crippen LogP contribution in [0.2, 0.25) is 0 Å². The average Bonchev–Trinajstić information content (AvgIpc) is 3.26. The zero-order chi connectivity index (χ0) is 24.4. The van der Waals surface area contributed by atoms with Crippen molar-refractivity contribution in [2.24, 2.45) is 0 Å². The first-order valence-electron chi connectivity index (χ1n) is 10.5. The van der Waals surface area contributed by atoms with E-state index in [1.807, 2.05) is 0 Å². The lowest BCUT2D eigenvalue weighted by atomic mass is 10.0. The van der Waals surface area contributed by atoms with Gasteiger partial charge in [-0.1, -0.05) is 24.3 Å². The van der Waals surface area contributed by atoms with Crippen molar-refractivity contribution in [2.75, 3.05) is 18.6 Å². The Hall–Kier alpha value is -4.28. The van der Waals surface area contributed by atoms with Crippen molar-refractivity contribution in [3.63, 3.8) is 0 Å². The molecule has 1 aliphatic heterocycles. The first-order valence-corrected chi connectivity index (χ1v) is 10.5. The molecule has 2 unspecified atom stereocenters. The third-order valence-corrected chi connectivity index (χ3v) is 5.58. The molecule has 0 spiro atoms. The van der Waals surface area contributed by atoms with Gasteiger partial charge in [-0.2, -0.15) is 0 Å². The molecule has 0 saturated carbocycles. The van der Waals surface area contributed by atoms with Crippen LogP contribution in [0, 0.1) is 5.82 Å². The highest BCUT2D eigenvalue weighted by Gasteiger charge is 2.32. The Balaban J connectivity index is 1.47. The summed E-state index contributed by atoms with van der Waals surface area (Å²) >= 11 is 0. The standard InChI is InChI=1S/C23H22FN5O5/c1-13(23(32)33)14-7-8-19-18(9-14)28(2)22(31)17(11-34-19)26-21(30)20-25-12-29(27-20)10-15-5-3-4-6-16(15)24/h3-9,12-13,17H,10-11H2,1-2H3,(H,26,30)(H,32,33). The number of carbonyl (C=O) groups is 3. The predicted octanol–water partition coefficient (Wildman–Crippen LogP) is 1.81. The molecule has 0 aliphatic carbocycles. The summed E-state index contributed by atoms with van der Waals surface area (Å²) < 4.78 is 20.9. The summed E-state index contributed by atoms with van der Waals surface area (Å²) in [5, 5.41) is 15.9. The van der Waals surface area contributed by atoms with Crippen LogP contribution in [0.25, 0.3) is 0 Å². The minimum absolute atomic E-state index is 0.0908. The van der Waals surface area contributed by atoms with Crippen LogP contribution in [0.4, 0.5) is 10.1 Å². The minimum atomic E-state index is -1.02. The molecule has 0 bridgehead atoms. The second kappa shape index (κ2) is 9.30. The number of rotatable bonds is 6. The number of aromatic nitrogens is 3. The van der Waals surface area contributed by atoms with E-state index in [1.165, 1.54) is 29.0 Å². The van der Waals surface area contributed by atoms with E-state index in [1.54, 1.807) is 43.3 Å². The number of carbonyl (C=O) groups excluding carboxylic acids is 2. The molecule has 10 nitrogen and oxygen atoms in total. The second-order valence-corrected chi connectivity index (χ2v) is 7.88. The largest absolute Gasteiger partial charge is 0.489 e. The van der Waals surface area contributed by atoms with E-state index >= 15 is 0 Å². The summed E-state index contributed by atoms with van der Waals surface area (Å²) in [4.78, 5) is 42.3. The fourth-order valence-electron chi connectivity index (χ4n) is 3.53. The maximum atomic E-state index is 13.9. The molecule has 2 atom stereocenters. The molecule has 2 heterocycles. The number of carboxylic acids is 1. The maximum absolute atomic E-state index is 13.9. The lowest BCUT2D eigenvalue weighted by Crippen LogP contribution is -2.49. The van der Waals surface area contributed by atoms with E-state index in [4.69, 9.17) is 4.74 Å². The fraction of sp³-hybridized carbons (Fsp3) is 0.261. The van der Waals surface area contributed by atoms with Gasteiger partial charge in [0.15, 0.2) is 0 Å². The highest BCUT2D eigenvalue weighted by atomic mass is 19.1. The molecule has 0 radical (unpaired) electrons. The van der Waals surface area contributed by atoms with Crippen LogP contribution >= 0.6 is 0 Å². The van der Waals surface area contributed by atoms with Crippen LogP contribution in [0.1, 0.15) is 34.6 Å². The SMILES string of the molecule is CC(C(=O)O)c1ccc2c(c1)N(C)C(=O)C(NC(=O)c1ncn(Cc3ccccc3F)n1)CO2. The summed E-state index contributed by atoms with van der Waals surface area (Å²) in [6.45, 7) is 1.50. The Morgan fingerprint density at radius 3 is 2.79 bits per heavy atom. The lowest BCUT2D eigenvalue weighted by Gasteiger charge is -2.21. The van der Waals surface area contributed by atoms with E-state index in [9.17, 15) is 23.9 Å². The molecule has 0 saturated heterocycles. The van der Waals surface area contributed by atoms with Crippen LogP contribution in [0.15, 0.2) is 48.8 Å². The summed E-state index contributed by atoms with van der Waals surface area (Å²) in [7, 11) is 1.52. The zero-order valence-electron chi connectivity index (χ0n) is 18.4. The Kier molecular flexibility index (Phi) is 6.26. The van der Waals surface area contributed by atoms with Gasteiger partial charge in [-0.15, -0.1) is 5.10 Å². The normalized spacial score (nSPS) is 16.3. The van der Waals surface area contributed by atoms with E-state index in [-0.39, 0.29) is 19.0 Å². The molecule has 2 aromatic carbocycles. The maximum Gasteiger partial charge on any atom is 0.310 e. The van der Waals surface area contributed by atoms with Crippen LogP contribution in [0.5, 0.6) is 5.75 Å². The smallest absolute Gasteiger partial charge is 0.310 e. The van der Waals surface area contributed by atoms with E-state index < -0.39 is 35.6 Å². The monoisotopic (exact) mass is 467 g/mol. The topological polar surface area (TPSA) is 127 Å². The number of anilines is 1.